The van der Waals surface area contributed by atoms with Crippen molar-refractivity contribution in [2.75, 3.05) is 81.9 Å². The molecule has 0 spiro atoms. The number of hydrogen-bond acceptors (Lipinski definition) is 13. The summed E-state index contributed by atoms with van der Waals surface area (Å²) >= 11 is 6.26. The molecule has 2 N–H and O–H groups in total. The number of amides is 1. The summed E-state index contributed by atoms with van der Waals surface area (Å²) < 4.78 is 59.7. The molecule has 3 aromatic carbocycles. The van der Waals surface area contributed by atoms with Crippen LogP contribution in [0, 0.1) is 21.4 Å². The quantitative estimate of drug-likeness (QED) is 0.0797. The van der Waals surface area contributed by atoms with Crippen molar-refractivity contribution in [1.29, 1.82) is 0 Å². The van der Waals surface area contributed by atoms with Gasteiger partial charge in [0.2, 0.25) is 0 Å². The van der Waals surface area contributed by atoms with Crippen molar-refractivity contribution in [1.82, 2.24) is 24.5 Å². The van der Waals surface area contributed by atoms with Crippen LogP contribution in [0.25, 0.3) is 16.6 Å². The third-order valence-corrected chi connectivity index (χ3v) is 17.8. The molecule has 0 bridgehead atoms. The predicted octanol–water partition coefficient (Wildman–Crippen LogP) is 8.57. The van der Waals surface area contributed by atoms with E-state index >= 15 is 0 Å². The molecule has 4 aliphatic rings. The number of piperazine rings is 1. The number of halogens is 1. The molecule has 19 heteroatoms. The number of ether oxygens (including phenoxy) is 2. The van der Waals surface area contributed by atoms with E-state index in [0.717, 1.165) is 61.1 Å². The van der Waals surface area contributed by atoms with Crippen LogP contribution in [0.1, 0.15) is 67.9 Å². The van der Waals surface area contributed by atoms with Crippen LogP contribution >= 0.6 is 11.6 Å². The number of allylic oxidation sites excluding steroid dienone is 1. The average Bonchev–Trinajstić information content (AvgIpc) is 3.80. The maximum atomic E-state index is 14.1. The fourth-order valence-electron chi connectivity index (χ4n) is 9.93. The van der Waals surface area contributed by atoms with Crippen LogP contribution in [0.5, 0.6) is 17.2 Å². The Morgan fingerprint density at radius 3 is 2.55 bits per heavy atom. The third-order valence-electron chi connectivity index (χ3n) is 13.9. The fourth-order valence-corrected chi connectivity index (χ4v) is 13.1. The molecular formula is C50H59ClN8O8S2. The SMILES string of the molecule is CCN=S1(=O)CCN(CC[C@@H]2COc3cc(S(=O)(=O)NC(=O)c4ccc(N5CCN(CC6=C(c7ccc(Cl)cc7)CC(C)(C)CC6)CC5)cc4Oc4cnc5[nH]ccc5c4)cc([N+](=O)[O-])c3C2)CC1. The summed E-state index contributed by atoms with van der Waals surface area (Å²) in [6.45, 7) is 13.3. The number of aromatic amines is 1. The first-order valence-electron chi connectivity index (χ1n) is 23.6. The van der Waals surface area contributed by atoms with Crippen LogP contribution in [0.4, 0.5) is 11.4 Å². The fraction of sp³-hybridized carbons (Fsp3) is 0.440. The van der Waals surface area contributed by atoms with Crippen molar-refractivity contribution in [2.24, 2.45) is 15.7 Å². The molecule has 3 aliphatic heterocycles. The van der Waals surface area contributed by atoms with Crippen LogP contribution in [-0.4, -0.2) is 120 Å². The van der Waals surface area contributed by atoms with Crippen molar-refractivity contribution in [3.05, 3.63) is 117 Å². The molecule has 0 saturated carbocycles. The van der Waals surface area contributed by atoms with E-state index in [1.54, 1.807) is 30.5 Å². The lowest BCUT2D eigenvalue weighted by Gasteiger charge is -2.39. The zero-order valence-electron chi connectivity index (χ0n) is 39.2. The van der Waals surface area contributed by atoms with E-state index in [-0.39, 0.29) is 35.0 Å². The monoisotopic (exact) mass is 998 g/mol. The van der Waals surface area contributed by atoms with Crippen LogP contribution in [0.3, 0.4) is 0 Å². The molecule has 2 aromatic heterocycles. The summed E-state index contributed by atoms with van der Waals surface area (Å²) in [5.74, 6) is 0.564. The number of nitrogens with one attached hydrogen (secondary N) is 2. The van der Waals surface area contributed by atoms with Crippen molar-refractivity contribution in [3.63, 3.8) is 0 Å². The Hall–Kier alpha value is -5.53. The Labute approximate surface area is 408 Å². The van der Waals surface area contributed by atoms with Gasteiger partial charge >= 0.3 is 0 Å². The van der Waals surface area contributed by atoms with E-state index in [0.29, 0.717) is 80.6 Å². The Morgan fingerprint density at radius 1 is 1.04 bits per heavy atom. The van der Waals surface area contributed by atoms with Gasteiger partial charge in [-0.25, -0.2) is 26.7 Å². The molecule has 2 saturated heterocycles. The largest absolute Gasteiger partial charge is 0.493 e. The summed E-state index contributed by atoms with van der Waals surface area (Å²) in [6, 6.07) is 19.1. The third kappa shape index (κ3) is 11.3. The van der Waals surface area contributed by atoms with E-state index in [1.165, 1.54) is 29.0 Å². The van der Waals surface area contributed by atoms with Crippen molar-refractivity contribution < 1.29 is 31.8 Å². The highest BCUT2D eigenvalue weighted by molar-refractivity contribution is 7.93. The Morgan fingerprint density at radius 2 is 1.81 bits per heavy atom. The van der Waals surface area contributed by atoms with E-state index in [4.69, 9.17) is 21.1 Å². The summed E-state index contributed by atoms with van der Waals surface area (Å²) in [5, 5.41) is 14.0. The predicted molar refractivity (Wildman–Crippen MR) is 270 cm³/mol. The Kier molecular flexibility index (Phi) is 14.1. The van der Waals surface area contributed by atoms with Gasteiger partial charge in [0, 0.05) is 114 Å². The maximum absolute atomic E-state index is 14.1. The maximum Gasteiger partial charge on any atom is 0.277 e. The molecule has 1 aliphatic carbocycles. The molecule has 0 unspecified atom stereocenters. The van der Waals surface area contributed by atoms with E-state index in [2.05, 4.69) is 59.7 Å². The molecule has 5 aromatic rings. The van der Waals surface area contributed by atoms with Crippen LogP contribution < -0.4 is 19.1 Å². The summed E-state index contributed by atoms with van der Waals surface area (Å²) in [7, 11) is -6.82. The van der Waals surface area contributed by atoms with Gasteiger partial charge in [-0.05, 0) is 104 Å². The van der Waals surface area contributed by atoms with Crippen LogP contribution in [-0.2, 0) is 26.2 Å². The minimum atomic E-state index is -4.66. The second kappa shape index (κ2) is 20.1. The highest BCUT2D eigenvalue weighted by Gasteiger charge is 2.34. The second-order valence-electron chi connectivity index (χ2n) is 19.3. The van der Waals surface area contributed by atoms with E-state index in [1.807, 2.05) is 25.1 Å². The van der Waals surface area contributed by atoms with Crippen molar-refractivity contribution in [2.45, 2.75) is 57.8 Å². The van der Waals surface area contributed by atoms with Gasteiger partial charge in [-0.15, -0.1) is 0 Å². The molecule has 69 heavy (non-hydrogen) atoms. The molecule has 9 rings (SSSR count). The van der Waals surface area contributed by atoms with Gasteiger partial charge in [-0.2, -0.15) is 0 Å². The summed E-state index contributed by atoms with van der Waals surface area (Å²) in [4.78, 5) is 39.9. The van der Waals surface area contributed by atoms with Gasteiger partial charge in [-0.3, -0.25) is 19.8 Å². The summed E-state index contributed by atoms with van der Waals surface area (Å²) in [6.07, 6.45) is 7.46. The number of benzene rings is 3. The number of rotatable bonds is 14. The molecule has 16 nitrogen and oxygen atoms in total. The Bertz CT molecular complexity index is 3020. The first kappa shape index (κ1) is 48.5. The van der Waals surface area contributed by atoms with E-state index in [9.17, 15) is 27.5 Å². The second-order valence-corrected chi connectivity index (χ2v) is 24.0. The van der Waals surface area contributed by atoms with Gasteiger partial charge in [0.1, 0.15) is 22.9 Å². The number of carbonyl (C=O) groups excluding carboxylic acids is 1. The lowest BCUT2D eigenvalue weighted by Crippen LogP contribution is -2.47. The van der Waals surface area contributed by atoms with Crippen molar-refractivity contribution in [3.8, 4) is 17.2 Å². The van der Waals surface area contributed by atoms with Gasteiger partial charge in [0.05, 0.1) is 33.7 Å². The van der Waals surface area contributed by atoms with Crippen molar-refractivity contribution >= 4 is 65.2 Å². The standard InChI is InChI=1S/C50H59ClN8O8S2/c1-4-54-68(63)23-21-56(22-24-68)16-13-34-25-43-45(59(61)62)28-41(29-46(43)66-33-34)69(64,65)55-49(60)42-10-9-39(27-47(42)67-40-26-36-12-15-52-48(36)53-31-40)58-19-17-57(18-20-58)32-37-11-14-50(2,3)30-44(37)35-5-7-38(51)8-6-35/h5-10,12,15,26-29,31,34H,4,11,13-14,16-25,30,32-33H2,1-3H3,(H,52,53)(H,55,60)/t34-/m0/s1. The molecule has 1 amide bonds. The zero-order valence-corrected chi connectivity index (χ0v) is 41.6. The normalized spacial score (nSPS) is 19.7. The van der Waals surface area contributed by atoms with Crippen LogP contribution in [0.15, 0.2) is 94.0 Å². The first-order chi connectivity index (χ1) is 33.0. The lowest BCUT2D eigenvalue weighted by molar-refractivity contribution is -0.386. The highest BCUT2D eigenvalue weighted by Crippen LogP contribution is 2.44. The molecule has 5 heterocycles. The van der Waals surface area contributed by atoms with E-state index < -0.39 is 41.2 Å². The zero-order chi connectivity index (χ0) is 48.5. The number of nitro groups is 1. The number of aromatic nitrogens is 2. The minimum absolute atomic E-state index is 0.0515. The molecule has 1 atom stereocenters. The number of H-pyrrole nitrogens is 1. The Balaban J connectivity index is 0.908. The van der Waals surface area contributed by atoms with Gasteiger partial charge in [0.25, 0.3) is 21.6 Å². The smallest absolute Gasteiger partial charge is 0.277 e. The lowest BCUT2D eigenvalue weighted by atomic mass is 9.72. The minimum Gasteiger partial charge on any atom is -0.493 e. The number of nitro benzene ring substituents is 1. The number of hydrogen-bond donors (Lipinski definition) is 2. The topological polar surface area (TPSA) is 193 Å². The number of carbonyl (C=O) groups is 1. The average molecular weight is 1000 g/mol. The molecule has 366 valence electrons. The van der Waals surface area contributed by atoms with Gasteiger partial charge in [0.15, 0.2) is 0 Å². The summed E-state index contributed by atoms with van der Waals surface area (Å²) in [5.41, 5.74) is 5.61. The molecular weight excluding hydrogens is 940 g/mol. The number of sulfonamides is 1. The van der Waals surface area contributed by atoms with Gasteiger partial charge in [-0.1, -0.05) is 43.2 Å². The molecule has 0 radical (unpaired) electrons. The highest BCUT2D eigenvalue weighted by atomic mass is 35.5. The van der Waals surface area contributed by atoms with Gasteiger partial charge < -0.3 is 24.3 Å². The first-order valence-corrected chi connectivity index (χ1v) is 27.4. The number of pyridine rings is 1. The van der Waals surface area contributed by atoms with Crippen LogP contribution in [0.2, 0.25) is 5.02 Å². The number of nitrogens with zero attached hydrogens (tertiary/aromatic N) is 6. The molecule has 2 fully saturated rings. The number of fused-ring (bicyclic) bond motifs is 2. The number of anilines is 1.